The summed E-state index contributed by atoms with van der Waals surface area (Å²) in [7, 11) is -1.84. The van der Waals surface area contributed by atoms with Crippen LogP contribution in [0.25, 0.3) is 0 Å². The van der Waals surface area contributed by atoms with Crippen LogP contribution in [0.3, 0.4) is 0 Å². The first-order valence-corrected chi connectivity index (χ1v) is 9.92. The van der Waals surface area contributed by atoms with E-state index in [-0.39, 0.29) is 5.54 Å². The monoisotopic (exact) mass is 270 g/mol. The van der Waals surface area contributed by atoms with Crippen molar-refractivity contribution >= 4 is 19.0 Å². The number of Topliss-reactive ketones (excluding diaryl/α,β-unsaturated/α-hetero) is 1. The summed E-state index contributed by atoms with van der Waals surface area (Å²) in [6.07, 6.45) is 2.13. The molecule has 0 saturated heterocycles. The van der Waals surface area contributed by atoms with Crippen molar-refractivity contribution in [3.05, 3.63) is 53.1 Å². The first kappa shape index (κ1) is 14.0. The lowest BCUT2D eigenvalue weighted by Crippen LogP contribution is -2.48. The number of hydrogen-bond donors (Lipinski definition) is 0. The van der Waals surface area contributed by atoms with E-state index in [1.807, 2.05) is 19.9 Å². The average molecular weight is 270 g/mol. The fraction of sp³-hybridized carbons (Fsp3) is 0.353. The fourth-order valence-electron chi connectivity index (χ4n) is 3.11. The Hall–Kier alpha value is -1.41. The normalized spacial score (nSPS) is 22.5. The Labute approximate surface area is 117 Å². The number of rotatable bonds is 2. The molecule has 0 amide bonds. The number of ketones is 1. The van der Waals surface area contributed by atoms with Crippen LogP contribution >= 0.6 is 0 Å². The third kappa shape index (κ3) is 2.14. The molecule has 0 spiro atoms. The SMILES string of the molecule is C/C=C1/C(C)=C(C)C(=O)C1[Si](C)(C)c1ccccc1. The highest BCUT2D eigenvalue weighted by Crippen LogP contribution is 2.43. The topological polar surface area (TPSA) is 17.1 Å². The van der Waals surface area contributed by atoms with E-state index in [0.717, 1.165) is 5.57 Å². The van der Waals surface area contributed by atoms with Crippen LogP contribution in [0.1, 0.15) is 20.8 Å². The summed E-state index contributed by atoms with van der Waals surface area (Å²) in [6, 6.07) is 10.5. The smallest absolute Gasteiger partial charge is 0.163 e. The lowest BCUT2D eigenvalue weighted by Gasteiger charge is -2.30. The molecule has 2 heteroatoms. The molecule has 1 atom stereocenters. The minimum absolute atomic E-state index is 0.0832. The first-order valence-electron chi connectivity index (χ1n) is 6.85. The Morgan fingerprint density at radius 2 is 1.63 bits per heavy atom. The van der Waals surface area contributed by atoms with Crippen LogP contribution in [0.5, 0.6) is 0 Å². The zero-order chi connectivity index (χ0) is 14.2. The van der Waals surface area contributed by atoms with Gasteiger partial charge in [-0.1, -0.05) is 54.7 Å². The van der Waals surface area contributed by atoms with E-state index in [4.69, 9.17) is 0 Å². The van der Waals surface area contributed by atoms with Crippen molar-refractivity contribution in [2.45, 2.75) is 39.4 Å². The zero-order valence-corrected chi connectivity index (χ0v) is 13.4. The summed E-state index contributed by atoms with van der Waals surface area (Å²) in [5.74, 6) is 0.339. The summed E-state index contributed by atoms with van der Waals surface area (Å²) in [6.45, 7) is 10.7. The Kier molecular flexibility index (Phi) is 3.63. The van der Waals surface area contributed by atoms with Gasteiger partial charge in [0.25, 0.3) is 0 Å². The molecule has 0 N–H and O–H groups in total. The molecule has 0 radical (unpaired) electrons. The molecule has 1 aliphatic rings. The second kappa shape index (κ2) is 4.93. The summed E-state index contributed by atoms with van der Waals surface area (Å²) in [5, 5.41) is 1.36. The van der Waals surface area contributed by atoms with Crippen LogP contribution in [0, 0.1) is 0 Å². The second-order valence-corrected chi connectivity index (χ2v) is 10.5. The predicted molar refractivity (Wildman–Crippen MR) is 84.4 cm³/mol. The quantitative estimate of drug-likeness (QED) is 0.746. The van der Waals surface area contributed by atoms with E-state index in [2.05, 4.69) is 50.4 Å². The number of carbonyl (C=O) groups excluding carboxylic acids is 1. The van der Waals surface area contributed by atoms with Gasteiger partial charge in [0.15, 0.2) is 5.78 Å². The highest BCUT2D eigenvalue weighted by Gasteiger charge is 2.45. The molecular formula is C17H22OSi. The maximum absolute atomic E-state index is 12.6. The van der Waals surface area contributed by atoms with Crippen molar-refractivity contribution < 1.29 is 4.79 Å². The molecular weight excluding hydrogens is 248 g/mol. The summed E-state index contributed by atoms with van der Waals surface area (Å²) < 4.78 is 0. The third-order valence-electron chi connectivity index (χ3n) is 4.49. The highest BCUT2D eigenvalue weighted by molar-refractivity contribution is 6.94. The lowest BCUT2D eigenvalue weighted by molar-refractivity contribution is -0.114. The van der Waals surface area contributed by atoms with Crippen molar-refractivity contribution in [2.75, 3.05) is 0 Å². The second-order valence-electron chi connectivity index (χ2n) is 5.88. The molecule has 100 valence electrons. The maximum Gasteiger partial charge on any atom is 0.163 e. The van der Waals surface area contributed by atoms with E-state index in [0.29, 0.717) is 5.78 Å². The molecule has 0 heterocycles. The van der Waals surface area contributed by atoms with E-state index in [9.17, 15) is 4.79 Å². The molecule has 0 aromatic heterocycles. The molecule has 0 saturated carbocycles. The molecule has 1 nitrogen and oxygen atoms in total. The Balaban J connectivity index is 2.51. The maximum atomic E-state index is 12.6. The van der Waals surface area contributed by atoms with E-state index in [1.54, 1.807) is 0 Å². The Morgan fingerprint density at radius 1 is 1.05 bits per heavy atom. The lowest BCUT2D eigenvalue weighted by atomic mass is 10.1. The van der Waals surface area contributed by atoms with Crippen LogP contribution in [0.2, 0.25) is 18.6 Å². The van der Waals surface area contributed by atoms with Gasteiger partial charge in [-0.15, -0.1) is 0 Å². The fourth-order valence-corrected chi connectivity index (χ4v) is 6.53. The molecule has 1 aromatic carbocycles. The molecule has 0 aliphatic heterocycles. The molecule has 1 aromatic rings. The number of benzene rings is 1. The molecule has 0 fully saturated rings. The van der Waals surface area contributed by atoms with Crippen LogP contribution in [0.4, 0.5) is 0 Å². The molecule has 2 rings (SSSR count). The Morgan fingerprint density at radius 3 is 2.16 bits per heavy atom. The van der Waals surface area contributed by atoms with Gasteiger partial charge in [-0.05, 0) is 37.5 Å². The van der Waals surface area contributed by atoms with Crippen LogP contribution in [-0.4, -0.2) is 13.9 Å². The minimum Gasteiger partial charge on any atom is -0.294 e. The summed E-state index contributed by atoms with van der Waals surface area (Å²) in [5.41, 5.74) is 3.48. The summed E-state index contributed by atoms with van der Waals surface area (Å²) >= 11 is 0. The summed E-state index contributed by atoms with van der Waals surface area (Å²) in [4.78, 5) is 12.6. The molecule has 1 unspecified atom stereocenters. The van der Waals surface area contributed by atoms with E-state index in [1.165, 1.54) is 16.3 Å². The van der Waals surface area contributed by atoms with Gasteiger partial charge in [-0.25, -0.2) is 0 Å². The first-order chi connectivity index (χ1) is 8.91. The number of hydrogen-bond acceptors (Lipinski definition) is 1. The minimum atomic E-state index is -1.84. The third-order valence-corrected chi connectivity index (χ3v) is 8.33. The van der Waals surface area contributed by atoms with Crippen molar-refractivity contribution in [2.24, 2.45) is 0 Å². The van der Waals surface area contributed by atoms with Gasteiger partial charge >= 0.3 is 0 Å². The standard InChI is InChI=1S/C17H22OSi/c1-6-15-12(2)13(3)16(18)17(15)19(4,5)14-10-8-7-9-11-14/h6-11,17H,1-5H3/b15-6-. The largest absolute Gasteiger partial charge is 0.294 e. The van der Waals surface area contributed by atoms with E-state index < -0.39 is 8.07 Å². The van der Waals surface area contributed by atoms with Crippen molar-refractivity contribution in [1.82, 2.24) is 0 Å². The molecule has 19 heavy (non-hydrogen) atoms. The van der Waals surface area contributed by atoms with Crippen LogP contribution < -0.4 is 5.19 Å². The van der Waals surface area contributed by atoms with Gasteiger partial charge in [0.1, 0.15) is 0 Å². The van der Waals surface area contributed by atoms with Crippen molar-refractivity contribution in [3.63, 3.8) is 0 Å². The average Bonchev–Trinajstić information content (AvgIpc) is 2.64. The molecule has 1 aliphatic carbocycles. The van der Waals surface area contributed by atoms with Crippen LogP contribution in [-0.2, 0) is 4.79 Å². The van der Waals surface area contributed by atoms with Gasteiger partial charge in [-0.3, -0.25) is 4.79 Å². The van der Waals surface area contributed by atoms with Crippen molar-refractivity contribution in [3.8, 4) is 0 Å². The van der Waals surface area contributed by atoms with Crippen LogP contribution in [0.15, 0.2) is 53.1 Å². The number of carbonyl (C=O) groups is 1. The van der Waals surface area contributed by atoms with Crippen molar-refractivity contribution in [1.29, 1.82) is 0 Å². The Bertz CT molecular complexity index is 564. The van der Waals surface area contributed by atoms with Gasteiger partial charge < -0.3 is 0 Å². The highest BCUT2D eigenvalue weighted by atomic mass is 28.3. The number of allylic oxidation sites excluding steroid dienone is 4. The van der Waals surface area contributed by atoms with Gasteiger partial charge in [0, 0.05) is 5.54 Å². The van der Waals surface area contributed by atoms with Gasteiger partial charge in [0.2, 0.25) is 0 Å². The van der Waals surface area contributed by atoms with E-state index >= 15 is 0 Å². The predicted octanol–water partition coefficient (Wildman–Crippen LogP) is 3.84. The zero-order valence-electron chi connectivity index (χ0n) is 12.4. The van der Waals surface area contributed by atoms with Gasteiger partial charge in [0.05, 0.1) is 8.07 Å². The van der Waals surface area contributed by atoms with Gasteiger partial charge in [-0.2, -0.15) is 0 Å². The molecule has 0 bridgehead atoms.